The molecule has 0 radical (unpaired) electrons. The molecule has 0 saturated heterocycles. The minimum atomic E-state index is -3.73. The molecule has 4 heterocycles. The number of rotatable bonds is 4. The highest BCUT2D eigenvalue weighted by Crippen LogP contribution is 2.44. The summed E-state index contributed by atoms with van der Waals surface area (Å²) in [6.45, 7) is 4.15. The lowest BCUT2D eigenvalue weighted by atomic mass is 10.2. The number of carbonyl (C=O) groups excluding carboxylic acids is 1. The molecule has 1 unspecified atom stereocenters. The standard InChI is InChI=1S/C21H21F2N5O5/c1-10(2)28-13-9-27(11-5-6-14-15(7-11)33-21(22,23)32-14)19(29)16(13)25-17(28)12-8-24-20(31-4)26-18(12)30-3/h5-8,10,20,24H,9H2,1-4H3. The average Bonchev–Trinajstić information content (AvgIpc) is 3.41. The molecule has 12 heteroatoms. The van der Waals surface area contributed by atoms with Crippen LogP contribution in [-0.2, 0) is 16.0 Å². The van der Waals surface area contributed by atoms with E-state index in [9.17, 15) is 13.6 Å². The topological polar surface area (TPSA) is 99.4 Å². The Kier molecular flexibility index (Phi) is 4.78. The second kappa shape index (κ2) is 7.44. The summed E-state index contributed by atoms with van der Waals surface area (Å²) in [4.78, 5) is 23.7. The van der Waals surface area contributed by atoms with Gasteiger partial charge in [-0.15, -0.1) is 8.78 Å². The smallest absolute Gasteiger partial charge is 0.481 e. The lowest BCUT2D eigenvalue weighted by molar-refractivity contribution is -0.286. The van der Waals surface area contributed by atoms with Crippen molar-refractivity contribution < 1.29 is 32.5 Å². The van der Waals surface area contributed by atoms with Crippen molar-refractivity contribution in [3.63, 3.8) is 0 Å². The molecule has 1 atom stereocenters. The van der Waals surface area contributed by atoms with Crippen molar-refractivity contribution >= 4 is 23.1 Å². The number of nitrogens with one attached hydrogen (secondary N) is 1. The maximum absolute atomic E-state index is 13.4. The Morgan fingerprint density at radius 2 is 2.00 bits per heavy atom. The van der Waals surface area contributed by atoms with E-state index in [2.05, 4.69) is 24.8 Å². The second-order valence-electron chi connectivity index (χ2n) is 7.84. The van der Waals surface area contributed by atoms with E-state index in [4.69, 9.17) is 9.47 Å². The molecule has 0 aliphatic carbocycles. The van der Waals surface area contributed by atoms with Gasteiger partial charge in [0.15, 0.2) is 17.2 Å². The van der Waals surface area contributed by atoms with Crippen LogP contribution < -0.4 is 19.7 Å². The summed E-state index contributed by atoms with van der Waals surface area (Å²) in [5, 5.41) is 3.00. The largest absolute Gasteiger partial charge is 0.586 e. The molecule has 1 amide bonds. The van der Waals surface area contributed by atoms with Crippen molar-refractivity contribution in [2.45, 2.75) is 39.1 Å². The first-order valence-corrected chi connectivity index (χ1v) is 10.2. The third-order valence-electron chi connectivity index (χ3n) is 5.47. The monoisotopic (exact) mass is 461 g/mol. The maximum Gasteiger partial charge on any atom is 0.586 e. The molecule has 0 bridgehead atoms. The predicted molar refractivity (Wildman–Crippen MR) is 112 cm³/mol. The first-order chi connectivity index (χ1) is 15.7. The Morgan fingerprint density at radius 3 is 2.70 bits per heavy atom. The highest BCUT2D eigenvalue weighted by molar-refractivity contribution is 6.19. The van der Waals surface area contributed by atoms with Gasteiger partial charge in [0.05, 0.1) is 24.9 Å². The minimum Gasteiger partial charge on any atom is -0.481 e. The van der Waals surface area contributed by atoms with E-state index in [0.29, 0.717) is 28.7 Å². The summed E-state index contributed by atoms with van der Waals surface area (Å²) in [6, 6.07) is 4.19. The number of carbonyl (C=O) groups is 1. The van der Waals surface area contributed by atoms with Crippen LogP contribution >= 0.6 is 0 Å². The van der Waals surface area contributed by atoms with E-state index < -0.39 is 12.6 Å². The Bertz CT molecular complexity index is 1210. The number of anilines is 1. The molecular weight excluding hydrogens is 440 g/mol. The number of benzene rings is 1. The zero-order valence-electron chi connectivity index (χ0n) is 18.3. The fraction of sp³-hybridized carbons (Fsp3) is 0.381. The Morgan fingerprint density at radius 1 is 1.24 bits per heavy atom. The first-order valence-electron chi connectivity index (χ1n) is 10.2. The number of halogens is 2. The second-order valence-corrected chi connectivity index (χ2v) is 7.84. The number of aromatic nitrogens is 2. The summed E-state index contributed by atoms with van der Waals surface area (Å²) < 4.78 is 48.3. The van der Waals surface area contributed by atoms with Gasteiger partial charge in [0.25, 0.3) is 5.91 Å². The van der Waals surface area contributed by atoms with Gasteiger partial charge in [-0.3, -0.25) is 4.79 Å². The fourth-order valence-electron chi connectivity index (χ4n) is 4.07. The van der Waals surface area contributed by atoms with Crippen molar-refractivity contribution in [1.29, 1.82) is 0 Å². The lowest BCUT2D eigenvalue weighted by Crippen LogP contribution is -2.32. The summed E-state index contributed by atoms with van der Waals surface area (Å²) >= 11 is 0. The third-order valence-corrected chi connectivity index (χ3v) is 5.47. The van der Waals surface area contributed by atoms with Crippen molar-refractivity contribution in [3.8, 4) is 11.5 Å². The number of imidazole rings is 1. The number of amides is 1. The average molecular weight is 461 g/mol. The zero-order valence-corrected chi connectivity index (χ0v) is 18.3. The van der Waals surface area contributed by atoms with Gasteiger partial charge < -0.3 is 33.7 Å². The van der Waals surface area contributed by atoms with E-state index >= 15 is 0 Å². The maximum atomic E-state index is 13.4. The van der Waals surface area contributed by atoms with Gasteiger partial charge in [-0.25, -0.2) is 4.98 Å². The van der Waals surface area contributed by atoms with E-state index in [-0.39, 0.29) is 35.7 Å². The van der Waals surface area contributed by atoms with E-state index in [1.165, 1.54) is 37.3 Å². The van der Waals surface area contributed by atoms with Gasteiger partial charge in [-0.2, -0.15) is 4.99 Å². The van der Waals surface area contributed by atoms with Crippen molar-refractivity contribution in [2.24, 2.45) is 4.99 Å². The molecule has 174 valence electrons. The molecule has 33 heavy (non-hydrogen) atoms. The molecule has 0 spiro atoms. The van der Waals surface area contributed by atoms with Crippen LogP contribution in [0.3, 0.4) is 0 Å². The SMILES string of the molecule is COC1=NC(OC)NC=C1c1nc2c(n1C(C)C)CN(c1ccc3c(c1)OC(F)(F)O3)C2=O. The normalized spacial score (nSPS) is 20.5. The Labute approximate surface area is 187 Å². The van der Waals surface area contributed by atoms with Crippen LogP contribution in [0.2, 0.25) is 0 Å². The number of aliphatic imine (C=N–C) groups is 1. The van der Waals surface area contributed by atoms with Gasteiger partial charge in [0, 0.05) is 31.1 Å². The first kappa shape index (κ1) is 21.2. The number of alkyl halides is 2. The summed E-state index contributed by atoms with van der Waals surface area (Å²) in [7, 11) is 3.01. The van der Waals surface area contributed by atoms with Gasteiger partial charge >= 0.3 is 6.29 Å². The number of fused-ring (bicyclic) bond motifs is 2. The molecule has 10 nitrogen and oxygen atoms in total. The predicted octanol–water partition coefficient (Wildman–Crippen LogP) is 2.86. The van der Waals surface area contributed by atoms with Crippen molar-refractivity contribution in [2.75, 3.05) is 19.1 Å². The quantitative estimate of drug-likeness (QED) is 0.748. The molecule has 1 aromatic heterocycles. The lowest BCUT2D eigenvalue weighted by Gasteiger charge is -2.23. The molecule has 3 aliphatic heterocycles. The molecule has 2 aromatic rings. The van der Waals surface area contributed by atoms with Crippen LogP contribution in [0.1, 0.15) is 41.9 Å². The minimum absolute atomic E-state index is 0.0430. The van der Waals surface area contributed by atoms with Crippen LogP contribution in [0.15, 0.2) is 29.4 Å². The van der Waals surface area contributed by atoms with E-state index in [0.717, 1.165) is 0 Å². The Hall–Kier alpha value is -3.67. The van der Waals surface area contributed by atoms with Crippen LogP contribution in [0.4, 0.5) is 14.5 Å². The highest BCUT2D eigenvalue weighted by atomic mass is 19.3. The molecule has 1 N–H and O–H groups in total. The Balaban J connectivity index is 1.50. The number of ether oxygens (including phenoxy) is 4. The van der Waals surface area contributed by atoms with Crippen molar-refractivity contribution in [3.05, 3.63) is 41.6 Å². The van der Waals surface area contributed by atoms with Crippen LogP contribution in [-0.4, -0.2) is 48.2 Å². The van der Waals surface area contributed by atoms with Gasteiger partial charge in [0.2, 0.25) is 12.2 Å². The number of hydrogen-bond acceptors (Lipinski definition) is 8. The van der Waals surface area contributed by atoms with Crippen LogP contribution in [0.5, 0.6) is 11.5 Å². The van der Waals surface area contributed by atoms with E-state index in [1.54, 1.807) is 6.20 Å². The summed E-state index contributed by atoms with van der Waals surface area (Å²) in [5.74, 6) is 0.279. The zero-order chi connectivity index (χ0) is 23.5. The fourth-order valence-corrected chi connectivity index (χ4v) is 4.07. The highest BCUT2D eigenvalue weighted by Gasteiger charge is 2.44. The van der Waals surface area contributed by atoms with Gasteiger partial charge in [-0.05, 0) is 26.0 Å². The molecule has 0 fully saturated rings. The third kappa shape index (κ3) is 3.37. The molecule has 1 aromatic carbocycles. The molecule has 0 saturated carbocycles. The van der Waals surface area contributed by atoms with Crippen molar-refractivity contribution in [1.82, 2.24) is 14.9 Å². The molecule has 5 rings (SSSR count). The number of methoxy groups -OCH3 is 2. The van der Waals surface area contributed by atoms with Crippen LogP contribution in [0.25, 0.3) is 5.57 Å². The number of nitrogens with zero attached hydrogens (tertiary/aromatic N) is 4. The molecule has 3 aliphatic rings. The molecular formula is C21H21F2N5O5. The van der Waals surface area contributed by atoms with E-state index in [1.807, 2.05) is 18.4 Å². The summed E-state index contributed by atoms with van der Waals surface area (Å²) in [5.41, 5.74) is 1.94. The van der Waals surface area contributed by atoms with Gasteiger partial charge in [0.1, 0.15) is 5.82 Å². The number of hydrogen-bond donors (Lipinski definition) is 1. The van der Waals surface area contributed by atoms with Crippen LogP contribution in [0, 0.1) is 0 Å². The summed E-state index contributed by atoms with van der Waals surface area (Å²) in [6.07, 6.45) is -2.63. The van der Waals surface area contributed by atoms with Gasteiger partial charge in [-0.1, -0.05) is 0 Å².